The monoisotopic (exact) mass is 412 g/mol. The van der Waals surface area contributed by atoms with Crippen molar-refractivity contribution in [1.29, 1.82) is 0 Å². The standard InChI is InChI=1S/C26H40N2O2/c1-2-3-4-5-10-13-20-30-25-17-15-24(16-18-25)26-27-21-23(22-28-26)14-11-8-6-7-9-12-19-29/h15-18,21-22,29H,2-14,19-20H2,1H3. The fraction of sp³-hybridized carbons (Fsp3) is 0.615. The zero-order chi connectivity index (χ0) is 21.3. The van der Waals surface area contributed by atoms with E-state index in [1.807, 2.05) is 36.7 Å². The molecule has 0 aliphatic carbocycles. The minimum absolute atomic E-state index is 0.318. The zero-order valence-electron chi connectivity index (χ0n) is 18.8. The van der Waals surface area contributed by atoms with Crippen molar-refractivity contribution in [3.63, 3.8) is 0 Å². The average molecular weight is 413 g/mol. The van der Waals surface area contributed by atoms with Gasteiger partial charge in [-0.1, -0.05) is 64.7 Å². The van der Waals surface area contributed by atoms with Gasteiger partial charge in [0, 0.05) is 24.6 Å². The van der Waals surface area contributed by atoms with Crippen LogP contribution in [0.5, 0.6) is 5.75 Å². The molecule has 0 bridgehead atoms. The Labute approximate surface area is 183 Å². The molecule has 0 unspecified atom stereocenters. The largest absolute Gasteiger partial charge is 0.494 e. The van der Waals surface area contributed by atoms with Crippen molar-refractivity contribution in [3.05, 3.63) is 42.2 Å². The third-order valence-corrected chi connectivity index (χ3v) is 5.46. The van der Waals surface area contributed by atoms with E-state index in [9.17, 15) is 0 Å². The molecule has 0 spiro atoms. The molecule has 0 atom stereocenters. The van der Waals surface area contributed by atoms with Gasteiger partial charge in [0.15, 0.2) is 5.82 Å². The Balaban J connectivity index is 1.65. The Hall–Kier alpha value is -1.94. The van der Waals surface area contributed by atoms with Crippen LogP contribution >= 0.6 is 0 Å². The highest BCUT2D eigenvalue weighted by Crippen LogP contribution is 2.20. The second kappa shape index (κ2) is 15.8. The molecule has 0 saturated heterocycles. The number of benzene rings is 1. The molecule has 166 valence electrons. The van der Waals surface area contributed by atoms with Crippen molar-refractivity contribution in [2.75, 3.05) is 13.2 Å². The van der Waals surface area contributed by atoms with Crippen molar-refractivity contribution < 1.29 is 9.84 Å². The number of aromatic nitrogens is 2. The van der Waals surface area contributed by atoms with Gasteiger partial charge in [-0.25, -0.2) is 9.97 Å². The minimum Gasteiger partial charge on any atom is -0.494 e. The van der Waals surface area contributed by atoms with E-state index in [1.165, 1.54) is 63.4 Å². The highest BCUT2D eigenvalue weighted by atomic mass is 16.5. The second-order valence-corrected chi connectivity index (χ2v) is 8.15. The number of hydrogen-bond acceptors (Lipinski definition) is 4. The SMILES string of the molecule is CCCCCCCCOc1ccc(-c2ncc(CCCCCCCCO)cn2)cc1. The van der Waals surface area contributed by atoms with Crippen molar-refractivity contribution >= 4 is 0 Å². The molecule has 0 fully saturated rings. The van der Waals surface area contributed by atoms with Crippen LogP contribution in [-0.2, 0) is 6.42 Å². The summed E-state index contributed by atoms with van der Waals surface area (Å²) in [4.78, 5) is 9.10. The van der Waals surface area contributed by atoms with Gasteiger partial charge in [0.1, 0.15) is 5.75 Å². The Morgan fingerprint density at radius 3 is 2.00 bits per heavy atom. The fourth-order valence-electron chi connectivity index (χ4n) is 3.55. The second-order valence-electron chi connectivity index (χ2n) is 8.15. The number of rotatable bonds is 17. The molecular formula is C26H40N2O2. The lowest BCUT2D eigenvalue weighted by atomic mass is 10.1. The van der Waals surface area contributed by atoms with Crippen LogP contribution in [0.2, 0.25) is 0 Å². The molecule has 0 saturated carbocycles. The summed E-state index contributed by atoms with van der Waals surface area (Å²) < 4.78 is 5.86. The first-order valence-corrected chi connectivity index (χ1v) is 12.0. The van der Waals surface area contributed by atoms with E-state index in [1.54, 1.807) is 0 Å². The molecule has 1 N–H and O–H groups in total. The van der Waals surface area contributed by atoms with Crippen LogP contribution in [0.4, 0.5) is 0 Å². The highest BCUT2D eigenvalue weighted by Gasteiger charge is 2.03. The fourth-order valence-corrected chi connectivity index (χ4v) is 3.55. The average Bonchev–Trinajstić information content (AvgIpc) is 2.79. The molecule has 2 rings (SSSR count). The van der Waals surface area contributed by atoms with Crippen LogP contribution in [0.1, 0.15) is 89.5 Å². The first-order chi connectivity index (χ1) is 14.8. The molecular weight excluding hydrogens is 372 g/mol. The van der Waals surface area contributed by atoms with Crippen molar-refractivity contribution in [1.82, 2.24) is 9.97 Å². The summed E-state index contributed by atoms with van der Waals surface area (Å²) in [5, 5.41) is 8.79. The molecule has 2 aromatic rings. The predicted molar refractivity (Wildman–Crippen MR) is 125 cm³/mol. The van der Waals surface area contributed by atoms with Gasteiger partial charge in [0.05, 0.1) is 6.61 Å². The molecule has 1 aromatic carbocycles. The van der Waals surface area contributed by atoms with E-state index in [0.29, 0.717) is 6.61 Å². The number of unbranched alkanes of at least 4 members (excludes halogenated alkanes) is 10. The Bertz CT molecular complexity index is 596. The van der Waals surface area contributed by atoms with Gasteiger partial charge >= 0.3 is 0 Å². The third-order valence-electron chi connectivity index (χ3n) is 5.46. The molecule has 0 aliphatic heterocycles. The summed E-state index contributed by atoms with van der Waals surface area (Å²) in [5.74, 6) is 1.69. The quantitative estimate of drug-likeness (QED) is 0.292. The number of hydrogen-bond donors (Lipinski definition) is 1. The summed E-state index contributed by atoms with van der Waals surface area (Å²) in [5.41, 5.74) is 2.23. The summed E-state index contributed by atoms with van der Waals surface area (Å²) in [7, 11) is 0. The lowest BCUT2D eigenvalue weighted by molar-refractivity contribution is 0.282. The normalized spacial score (nSPS) is 11.0. The molecule has 0 radical (unpaired) electrons. The Kier molecular flexibility index (Phi) is 12.8. The zero-order valence-corrected chi connectivity index (χ0v) is 18.8. The highest BCUT2D eigenvalue weighted by molar-refractivity contribution is 5.55. The van der Waals surface area contributed by atoms with Crippen LogP contribution in [0.15, 0.2) is 36.7 Å². The molecule has 4 heteroatoms. The van der Waals surface area contributed by atoms with E-state index in [-0.39, 0.29) is 0 Å². The number of ether oxygens (including phenoxy) is 1. The summed E-state index contributed by atoms with van der Waals surface area (Å²) >= 11 is 0. The molecule has 0 amide bonds. The Morgan fingerprint density at radius 1 is 0.733 bits per heavy atom. The third kappa shape index (κ3) is 10.2. The predicted octanol–water partition coefficient (Wildman–Crippen LogP) is 6.76. The molecule has 1 aromatic heterocycles. The van der Waals surface area contributed by atoms with E-state index >= 15 is 0 Å². The van der Waals surface area contributed by atoms with E-state index < -0.39 is 0 Å². The van der Waals surface area contributed by atoms with Crippen molar-refractivity contribution in [2.45, 2.75) is 90.4 Å². The Morgan fingerprint density at radius 2 is 1.33 bits per heavy atom. The first kappa shape index (κ1) is 24.3. The maximum absolute atomic E-state index is 8.79. The first-order valence-electron chi connectivity index (χ1n) is 12.0. The van der Waals surface area contributed by atoms with Crippen molar-refractivity contribution in [2.24, 2.45) is 0 Å². The smallest absolute Gasteiger partial charge is 0.159 e. The van der Waals surface area contributed by atoms with Crippen LogP contribution < -0.4 is 4.74 Å². The van der Waals surface area contributed by atoms with Gasteiger partial charge in [0.2, 0.25) is 0 Å². The molecule has 30 heavy (non-hydrogen) atoms. The number of aryl methyl sites for hydroxylation is 1. The topological polar surface area (TPSA) is 55.2 Å². The van der Waals surface area contributed by atoms with Crippen LogP contribution in [0.3, 0.4) is 0 Å². The van der Waals surface area contributed by atoms with Crippen molar-refractivity contribution in [3.8, 4) is 17.1 Å². The van der Waals surface area contributed by atoms with Crippen LogP contribution in [-0.4, -0.2) is 28.3 Å². The van der Waals surface area contributed by atoms with Gasteiger partial charge in [-0.2, -0.15) is 0 Å². The maximum Gasteiger partial charge on any atom is 0.159 e. The minimum atomic E-state index is 0.318. The summed E-state index contributed by atoms with van der Waals surface area (Å²) in [6, 6.07) is 8.11. The van der Waals surface area contributed by atoms with E-state index in [0.717, 1.165) is 49.4 Å². The number of aliphatic hydroxyl groups excluding tert-OH is 1. The molecule has 4 nitrogen and oxygen atoms in total. The van der Waals surface area contributed by atoms with E-state index in [4.69, 9.17) is 9.84 Å². The van der Waals surface area contributed by atoms with Gasteiger partial charge in [-0.15, -0.1) is 0 Å². The molecule has 0 aliphatic rings. The molecule has 1 heterocycles. The van der Waals surface area contributed by atoms with Gasteiger partial charge in [0.25, 0.3) is 0 Å². The lowest BCUT2D eigenvalue weighted by Gasteiger charge is -2.07. The summed E-state index contributed by atoms with van der Waals surface area (Å²) in [6.45, 7) is 3.36. The van der Waals surface area contributed by atoms with E-state index in [2.05, 4.69) is 16.9 Å². The van der Waals surface area contributed by atoms with Gasteiger partial charge < -0.3 is 9.84 Å². The van der Waals surface area contributed by atoms with Crippen LogP contribution in [0.25, 0.3) is 11.4 Å². The van der Waals surface area contributed by atoms with Gasteiger partial charge in [-0.05, 0) is 55.5 Å². The van der Waals surface area contributed by atoms with Crippen LogP contribution in [0, 0.1) is 0 Å². The number of nitrogens with zero attached hydrogens (tertiary/aromatic N) is 2. The number of aliphatic hydroxyl groups is 1. The maximum atomic E-state index is 8.79. The summed E-state index contributed by atoms with van der Waals surface area (Å²) in [6.07, 6.45) is 19.5. The lowest BCUT2D eigenvalue weighted by Crippen LogP contribution is -1.97. The van der Waals surface area contributed by atoms with Gasteiger partial charge in [-0.3, -0.25) is 0 Å².